The van der Waals surface area contributed by atoms with Crippen LogP contribution >= 0.6 is 0 Å². The van der Waals surface area contributed by atoms with Crippen LogP contribution in [0.1, 0.15) is 24.0 Å². The van der Waals surface area contributed by atoms with Gasteiger partial charge in [0.25, 0.3) is 0 Å². The first-order valence-corrected chi connectivity index (χ1v) is 4.74. The summed E-state index contributed by atoms with van der Waals surface area (Å²) in [5.41, 5.74) is 2.29. The zero-order chi connectivity index (χ0) is 9.14. The van der Waals surface area contributed by atoms with Crippen molar-refractivity contribution in [3.8, 4) is 0 Å². The van der Waals surface area contributed by atoms with E-state index in [-0.39, 0.29) is 10.6 Å². The molecule has 12 heavy (non-hydrogen) atoms. The Morgan fingerprint density at radius 3 is 2.25 bits per heavy atom. The Morgan fingerprint density at radius 2 is 1.83 bits per heavy atom. The molecule has 1 atom stereocenters. The fraction of sp³-hybridized carbons (Fsp3) is 0.300. The van der Waals surface area contributed by atoms with Crippen molar-refractivity contribution < 1.29 is 4.79 Å². The molecule has 0 aromatic heterocycles. The van der Waals surface area contributed by atoms with E-state index in [1.165, 1.54) is 5.56 Å². The van der Waals surface area contributed by atoms with Gasteiger partial charge in [0.15, 0.2) is 0 Å². The fourth-order valence-corrected chi connectivity index (χ4v) is 1.28. The zero-order valence-corrected chi connectivity index (χ0v) is 8.92. The molecule has 0 N–H and O–H groups in total. The molecule has 1 unspecified atom stereocenters. The fourth-order valence-electron chi connectivity index (χ4n) is 0.991. The van der Waals surface area contributed by atoms with E-state index in [1.54, 1.807) is 0 Å². The Kier molecular flexibility index (Phi) is 3.07. The third kappa shape index (κ3) is 2.20. The Hall–Kier alpha value is -0.591. The second-order valence-electron chi connectivity index (χ2n) is 2.95. The summed E-state index contributed by atoms with van der Waals surface area (Å²) in [5, 5.41) is 0. The van der Waals surface area contributed by atoms with Crippen molar-refractivity contribution in [1.29, 1.82) is 0 Å². The Labute approximate surface area is 81.0 Å². The van der Waals surface area contributed by atoms with Crippen LogP contribution in [0.3, 0.4) is 0 Å². The molecule has 1 aromatic rings. The zero-order valence-electron chi connectivity index (χ0n) is 7.20. The van der Waals surface area contributed by atoms with E-state index in [0.29, 0.717) is 0 Å². The first kappa shape index (κ1) is 9.50. The molecule has 0 saturated carbocycles. The van der Waals surface area contributed by atoms with E-state index in [1.807, 2.05) is 38.1 Å². The van der Waals surface area contributed by atoms with Crippen LogP contribution in [-0.2, 0) is 4.79 Å². The summed E-state index contributed by atoms with van der Waals surface area (Å²) in [4.78, 5) is 11.0. The van der Waals surface area contributed by atoms with E-state index in [2.05, 4.69) is 16.0 Å². The van der Waals surface area contributed by atoms with Crippen LogP contribution in [0.15, 0.2) is 24.3 Å². The predicted molar refractivity (Wildman–Crippen MR) is 50.4 cm³/mol. The third-order valence-electron chi connectivity index (χ3n) is 1.93. The molecule has 2 heteroatoms. The van der Waals surface area contributed by atoms with Crippen LogP contribution in [0.4, 0.5) is 0 Å². The molecule has 0 saturated heterocycles. The van der Waals surface area contributed by atoms with Gasteiger partial charge in [-0.25, -0.2) is 0 Å². The minimum absolute atomic E-state index is 0.0226. The molecule has 0 bridgehead atoms. The van der Waals surface area contributed by atoms with Gasteiger partial charge in [0, 0.05) is 0 Å². The summed E-state index contributed by atoms with van der Waals surface area (Å²) in [7, 11) is 0. The van der Waals surface area contributed by atoms with Gasteiger partial charge in [-0.15, -0.1) is 0 Å². The van der Waals surface area contributed by atoms with Crippen molar-refractivity contribution in [1.82, 2.24) is 0 Å². The maximum atomic E-state index is 11.0. The van der Waals surface area contributed by atoms with Crippen LogP contribution in [0.25, 0.3) is 0 Å². The molecule has 1 rings (SSSR count). The second-order valence-corrected chi connectivity index (χ2v) is 3.80. The predicted octanol–water partition coefficient (Wildman–Crippen LogP) is 1.79. The molecular weight excluding hydrogens is 215 g/mol. The van der Waals surface area contributed by atoms with E-state index in [9.17, 15) is 4.79 Å². The summed E-state index contributed by atoms with van der Waals surface area (Å²) in [5.74, 6) is -0.0226. The molecule has 1 aromatic carbocycles. The molecule has 0 amide bonds. The molecule has 0 fully saturated rings. The van der Waals surface area contributed by atoms with Gasteiger partial charge in [-0.05, 0) is 0 Å². The van der Waals surface area contributed by atoms with Gasteiger partial charge in [-0.1, -0.05) is 0 Å². The van der Waals surface area contributed by atoms with Crippen molar-refractivity contribution in [2.24, 2.45) is 0 Å². The van der Waals surface area contributed by atoms with Crippen molar-refractivity contribution in [3.63, 3.8) is 0 Å². The van der Waals surface area contributed by atoms with Gasteiger partial charge < -0.3 is 0 Å². The number of aryl methyl sites for hydroxylation is 1. The Bertz CT molecular complexity index is 276. The summed E-state index contributed by atoms with van der Waals surface area (Å²) in [6.45, 7) is 3.94. The molecule has 63 valence electrons. The van der Waals surface area contributed by atoms with Crippen LogP contribution in [0.2, 0.25) is 0 Å². The van der Waals surface area contributed by atoms with E-state index in [0.717, 1.165) is 5.56 Å². The van der Waals surface area contributed by atoms with E-state index in [4.69, 9.17) is 0 Å². The number of carbonyl (C=O) groups excluding carboxylic acids is 1. The van der Waals surface area contributed by atoms with Crippen molar-refractivity contribution >= 4 is 20.7 Å². The molecule has 0 heterocycles. The average molecular weight is 226 g/mol. The van der Waals surface area contributed by atoms with Crippen LogP contribution in [-0.4, -0.2) is 20.7 Å². The standard InChI is InChI=1S/C10H11OSe/c1-7-3-5-9(6-4-7)8(2)10(11)12/h3-6,8H,1-2H3. The average Bonchev–Trinajstić information content (AvgIpc) is 2.04. The molecule has 0 aliphatic carbocycles. The van der Waals surface area contributed by atoms with Gasteiger partial charge in [-0.2, -0.15) is 0 Å². The maximum absolute atomic E-state index is 11.0. The molecule has 0 spiro atoms. The van der Waals surface area contributed by atoms with Crippen molar-refractivity contribution in [2.75, 3.05) is 0 Å². The van der Waals surface area contributed by atoms with Gasteiger partial charge in [0.05, 0.1) is 0 Å². The number of rotatable bonds is 2. The summed E-state index contributed by atoms with van der Waals surface area (Å²) >= 11 is 2.51. The topological polar surface area (TPSA) is 17.1 Å². The normalized spacial score (nSPS) is 12.5. The van der Waals surface area contributed by atoms with Crippen LogP contribution in [0, 0.1) is 6.92 Å². The molecule has 1 radical (unpaired) electrons. The SMILES string of the molecule is Cc1ccc(C(C)C(=O)[Se])cc1. The Balaban J connectivity index is 2.89. The summed E-state index contributed by atoms with van der Waals surface area (Å²) in [6.07, 6.45) is 0. The first-order chi connectivity index (χ1) is 5.61. The van der Waals surface area contributed by atoms with Gasteiger partial charge in [0.1, 0.15) is 0 Å². The van der Waals surface area contributed by atoms with Crippen LogP contribution in [0.5, 0.6) is 0 Å². The van der Waals surface area contributed by atoms with Gasteiger partial charge in [-0.3, -0.25) is 0 Å². The third-order valence-corrected chi connectivity index (χ3v) is 2.67. The number of hydrogen-bond donors (Lipinski definition) is 0. The van der Waals surface area contributed by atoms with Gasteiger partial charge >= 0.3 is 80.6 Å². The van der Waals surface area contributed by atoms with Crippen molar-refractivity contribution in [2.45, 2.75) is 19.8 Å². The number of hydrogen-bond acceptors (Lipinski definition) is 1. The monoisotopic (exact) mass is 227 g/mol. The molecule has 0 aliphatic heterocycles. The van der Waals surface area contributed by atoms with Gasteiger partial charge in [0.2, 0.25) is 0 Å². The molecular formula is C10H11OSe. The quantitative estimate of drug-likeness (QED) is 0.703. The van der Waals surface area contributed by atoms with E-state index >= 15 is 0 Å². The molecule has 0 aliphatic rings. The van der Waals surface area contributed by atoms with Crippen molar-refractivity contribution in [3.05, 3.63) is 35.4 Å². The van der Waals surface area contributed by atoms with Crippen LogP contribution < -0.4 is 0 Å². The second kappa shape index (κ2) is 3.88. The number of carbonyl (C=O) groups is 1. The summed E-state index contributed by atoms with van der Waals surface area (Å²) < 4.78 is 0.0962. The number of benzene rings is 1. The summed E-state index contributed by atoms with van der Waals surface area (Å²) in [6, 6.07) is 8.04. The Morgan fingerprint density at radius 1 is 1.33 bits per heavy atom. The minimum atomic E-state index is -0.0226. The van der Waals surface area contributed by atoms with E-state index < -0.39 is 0 Å². The molecule has 1 nitrogen and oxygen atoms in total. The first-order valence-electron chi connectivity index (χ1n) is 3.88.